The number of hydrogen-bond donors (Lipinski definition) is 1. The van der Waals surface area contributed by atoms with E-state index in [0.29, 0.717) is 17.3 Å². The fraction of sp³-hybridized carbons (Fsp3) is 0.273. The molecular weight excluding hydrogens is 226 g/mol. The normalized spacial score (nSPS) is 19.8. The van der Waals surface area contributed by atoms with Crippen LogP contribution in [0.15, 0.2) is 29.4 Å². The number of nitrogens with two attached hydrogens (primary N) is 1. The molecule has 1 atom stereocenters. The van der Waals surface area contributed by atoms with Gasteiger partial charge in [0.2, 0.25) is 0 Å². The van der Waals surface area contributed by atoms with Crippen LogP contribution in [0.25, 0.3) is 0 Å². The van der Waals surface area contributed by atoms with Gasteiger partial charge in [-0.3, -0.25) is 9.80 Å². The van der Waals surface area contributed by atoms with E-state index in [4.69, 9.17) is 17.3 Å². The van der Waals surface area contributed by atoms with Gasteiger partial charge < -0.3 is 5.73 Å². The molecule has 1 aromatic rings. The monoisotopic (exact) mass is 237 g/mol. The minimum absolute atomic E-state index is 0.0359. The van der Waals surface area contributed by atoms with Crippen LogP contribution in [-0.2, 0) is 4.79 Å². The van der Waals surface area contributed by atoms with Crippen molar-refractivity contribution in [3.05, 3.63) is 29.3 Å². The number of para-hydroxylation sites is 1. The van der Waals surface area contributed by atoms with Crippen molar-refractivity contribution in [2.45, 2.75) is 6.92 Å². The molecule has 0 aliphatic carbocycles. The van der Waals surface area contributed by atoms with E-state index in [1.807, 2.05) is 25.1 Å². The molecule has 5 heteroatoms. The summed E-state index contributed by atoms with van der Waals surface area (Å²) in [6.07, 6.45) is 0. The summed E-state index contributed by atoms with van der Waals surface area (Å²) < 4.78 is 0. The Labute approximate surface area is 98.7 Å². The van der Waals surface area contributed by atoms with Crippen LogP contribution in [0.4, 0.5) is 5.69 Å². The van der Waals surface area contributed by atoms with Crippen LogP contribution in [0.3, 0.4) is 0 Å². The fourth-order valence-electron chi connectivity index (χ4n) is 1.72. The van der Waals surface area contributed by atoms with Crippen molar-refractivity contribution >= 4 is 28.9 Å². The number of hydrazone groups is 1. The van der Waals surface area contributed by atoms with E-state index in [1.54, 1.807) is 11.1 Å². The Balaban J connectivity index is 2.33. The van der Waals surface area contributed by atoms with Gasteiger partial charge in [0.1, 0.15) is 5.71 Å². The van der Waals surface area contributed by atoms with Crippen molar-refractivity contribution in [2.24, 2.45) is 16.8 Å². The third-order valence-electron chi connectivity index (χ3n) is 2.53. The maximum Gasteiger partial charge on any atom is 0.265 e. The molecule has 1 aromatic carbocycles. The average Bonchev–Trinajstić information content (AvgIpc) is 2.61. The van der Waals surface area contributed by atoms with E-state index in [2.05, 4.69) is 5.10 Å². The second-order valence-corrected chi connectivity index (χ2v) is 4.19. The zero-order chi connectivity index (χ0) is 11.7. The number of amides is 1. The van der Waals surface area contributed by atoms with E-state index < -0.39 is 5.91 Å². The first kappa shape index (κ1) is 11.0. The van der Waals surface area contributed by atoms with Gasteiger partial charge in [0.05, 0.1) is 17.3 Å². The van der Waals surface area contributed by atoms with Crippen LogP contribution in [-0.4, -0.2) is 18.2 Å². The molecule has 1 aliphatic heterocycles. The average molecular weight is 238 g/mol. The number of anilines is 1. The molecule has 0 saturated heterocycles. The quantitative estimate of drug-likeness (QED) is 0.850. The molecule has 4 nitrogen and oxygen atoms in total. The van der Waals surface area contributed by atoms with Gasteiger partial charge in [0.15, 0.2) is 0 Å². The minimum Gasteiger partial charge on any atom is -0.364 e. The van der Waals surface area contributed by atoms with Gasteiger partial charge >= 0.3 is 0 Å². The number of hydrogen-bond acceptors (Lipinski definition) is 3. The van der Waals surface area contributed by atoms with Gasteiger partial charge in [-0.1, -0.05) is 30.7 Å². The lowest BCUT2D eigenvalue weighted by molar-refractivity contribution is -0.112. The Kier molecular flexibility index (Phi) is 2.83. The molecule has 0 fully saturated rings. The second-order valence-electron chi connectivity index (χ2n) is 3.78. The Morgan fingerprint density at radius 2 is 2.25 bits per heavy atom. The highest BCUT2D eigenvalue weighted by Gasteiger charge is 2.27. The van der Waals surface area contributed by atoms with Gasteiger partial charge in [0, 0.05) is 5.92 Å². The molecule has 84 valence electrons. The first-order valence-electron chi connectivity index (χ1n) is 5.00. The standard InChI is InChI=1S/C11H12ClN3O/c1-7-6-15(14-10(7)11(13)16)9-5-3-2-4-8(9)12/h2-5,7H,6H2,1H3,(H2,13,16). The van der Waals surface area contributed by atoms with Crippen molar-refractivity contribution in [1.82, 2.24) is 0 Å². The molecule has 0 aromatic heterocycles. The Morgan fingerprint density at radius 1 is 1.56 bits per heavy atom. The summed E-state index contributed by atoms with van der Waals surface area (Å²) in [7, 11) is 0. The molecule has 0 radical (unpaired) electrons. The lowest BCUT2D eigenvalue weighted by Gasteiger charge is -2.15. The van der Waals surface area contributed by atoms with E-state index in [0.717, 1.165) is 5.69 Å². The molecule has 2 N–H and O–H groups in total. The molecule has 0 saturated carbocycles. The predicted octanol–water partition coefficient (Wildman–Crippen LogP) is 1.64. The summed E-state index contributed by atoms with van der Waals surface area (Å²) in [5.41, 5.74) is 6.44. The molecule has 0 bridgehead atoms. The first-order valence-corrected chi connectivity index (χ1v) is 5.37. The Hall–Kier alpha value is -1.55. The number of primary amides is 1. The first-order chi connectivity index (χ1) is 7.59. The molecule has 1 heterocycles. The smallest absolute Gasteiger partial charge is 0.265 e. The second kappa shape index (κ2) is 4.14. The van der Waals surface area contributed by atoms with Crippen molar-refractivity contribution < 1.29 is 4.79 Å². The van der Waals surface area contributed by atoms with Crippen molar-refractivity contribution in [3.8, 4) is 0 Å². The molecule has 2 rings (SSSR count). The van der Waals surface area contributed by atoms with Gasteiger partial charge in [0.25, 0.3) is 5.91 Å². The van der Waals surface area contributed by atoms with Gasteiger partial charge in [-0.15, -0.1) is 0 Å². The van der Waals surface area contributed by atoms with Crippen molar-refractivity contribution in [3.63, 3.8) is 0 Å². The molecule has 16 heavy (non-hydrogen) atoms. The maximum absolute atomic E-state index is 11.1. The van der Waals surface area contributed by atoms with Crippen molar-refractivity contribution in [1.29, 1.82) is 0 Å². The molecule has 1 aliphatic rings. The molecule has 1 unspecified atom stereocenters. The summed E-state index contributed by atoms with van der Waals surface area (Å²) >= 11 is 6.05. The van der Waals surface area contributed by atoms with Crippen LogP contribution in [0.2, 0.25) is 5.02 Å². The third-order valence-corrected chi connectivity index (χ3v) is 2.84. The number of halogens is 1. The summed E-state index contributed by atoms with van der Waals surface area (Å²) in [5.74, 6) is -0.434. The lowest BCUT2D eigenvalue weighted by atomic mass is 10.1. The van der Waals surface area contributed by atoms with E-state index in [9.17, 15) is 4.79 Å². The summed E-state index contributed by atoms with van der Waals surface area (Å²) in [6.45, 7) is 2.54. The Morgan fingerprint density at radius 3 is 2.81 bits per heavy atom. The highest BCUT2D eigenvalue weighted by molar-refractivity contribution is 6.40. The number of carbonyl (C=O) groups excluding carboxylic acids is 1. The summed E-state index contributed by atoms with van der Waals surface area (Å²) in [4.78, 5) is 11.1. The number of nitrogens with zero attached hydrogens (tertiary/aromatic N) is 2. The van der Waals surface area contributed by atoms with Crippen LogP contribution in [0, 0.1) is 5.92 Å². The fourth-order valence-corrected chi connectivity index (χ4v) is 1.95. The topological polar surface area (TPSA) is 58.7 Å². The largest absolute Gasteiger partial charge is 0.364 e. The number of carbonyl (C=O) groups is 1. The Bertz CT molecular complexity index is 458. The van der Waals surface area contributed by atoms with Crippen LogP contribution in [0.1, 0.15) is 6.92 Å². The zero-order valence-corrected chi connectivity index (χ0v) is 9.61. The minimum atomic E-state index is -0.470. The number of benzene rings is 1. The maximum atomic E-state index is 11.1. The molecule has 0 spiro atoms. The van der Waals surface area contributed by atoms with E-state index in [1.165, 1.54) is 0 Å². The van der Waals surface area contributed by atoms with E-state index >= 15 is 0 Å². The van der Waals surface area contributed by atoms with Crippen LogP contribution < -0.4 is 10.7 Å². The van der Waals surface area contributed by atoms with Crippen molar-refractivity contribution in [2.75, 3.05) is 11.6 Å². The summed E-state index contributed by atoms with van der Waals surface area (Å²) in [6, 6.07) is 7.38. The third kappa shape index (κ3) is 1.88. The predicted molar refractivity (Wildman–Crippen MR) is 64.6 cm³/mol. The molecular formula is C11H12ClN3O. The van der Waals surface area contributed by atoms with Crippen LogP contribution >= 0.6 is 11.6 Å². The van der Waals surface area contributed by atoms with Crippen LogP contribution in [0.5, 0.6) is 0 Å². The van der Waals surface area contributed by atoms with Gasteiger partial charge in [-0.05, 0) is 12.1 Å². The zero-order valence-electron chi connectivity index (χ0n) is 8.85. The molecule has 1 amide bonds. The highest BCUT2D eigenvalue weighted by atomic mass is 35.5. The number of rotatable bonds is 2. The lowest BCUT2D eigenvalue weighted by Crippen LogP contribution is -2.27. The summed E-state index contributed by atoms with van der Waals surface area (Å²) in [5, 5.41) is 6.52. The highest BCUT2D eigenvalue weighted by Crippen LogP contribution is 2.29. The van der Waals surface area contributed by atoms with Gasteiger partial charge in [-0.2, -0.15) is 5.10 Å². The van der Waals surface area contributed by atoms with Gasteiger partial charge in [-0.25, -0.2) is 0 Å². The van der Waals surface area contributed by atoms with E-state index in [-0.39, 0.29) is 5.92 Å². The SMILES string of the molecule is CC1CN(c2ccccc2Cl)N=C1C(N)=O.